The molecule has 1 aromatic carbocycles. The standard InChI is InChI=1S/C23H33N3S/c1-15(2)20-19(16(3)26(8)24-20)21(27)25(7)22(4,5)17-11-9-10-12-18(17)23(6)13-14-23/h9-12,15H,13-14H2,1-8H3. The van der Waals surface area contributed by atoms with Crippen LogP contribution in [-0.4, -0.2) is 26.7 Å². The molecule has 1 saturated carbocycles. The third kappa shape index (κ3) is 3.33. The van der Waals surface area contributed by atoms with Gasteiger partial charge in [0.05, 0.1) is 16.8 Å². The molecule has 0 aliphatic heterocycles. The van der Waals surface area contributed by atoms with Crippen LogP contribution in [0.4, 0.5) is 0 Å². The lowest BCUT2D eigenvalue weighted by molar-refractivity contribution is 0.261. The molecule has 1 aliphatic rings. The predicted octanol–water partition coefficient (Wildman–Crippen LogP) is 5.45. The lowest BCUT2D eigenvalue weighted by Crippen LogP contribution is -2.43. The van der Waals surface area contributed by atoms with E-state index in [4.69, 9.17) is 17.3 Å². The van der Waals surface area contributed by atoms with E-state index in [1.807, 2.05) is 11.7 Å². The van der Waals surface area contributed by atoms with Crippen LogP contribution in [0.25, 0.3) is 0 Å². The zero-order chi connectivity index (χ0) is 20.1. The van der Waals surface area contributed by atoms with Gasteiger partial charge in [0.25, 0.3) is 0 Å². The molecule has 3 nitrogen and oxygen atoms in total. The van der Waals surface area contributed by atoms with E-state index in [1.54, 1.807) is 0 Å². The van der Waals surface area contributed by atoms with Crippen LogP contribution in [-0.2, 0) is 18.0 Å². The van der Waals surface area contributed by atoms with Crippen LogP contribution in [0.5, 0.6) is 0 Å². The van der Waals surface area contributed by atoms with Gasteiger partial charge >= 0.3 is 0 Å². The molecule has 3 rings (SSSR count). The number of nitrogens with zero attached hydrogens (tertiary/aromatic N) is 3. The van der Waals surface area contributed by atoms with Gasteiger partial charge in [-0.25, -0.2) is 0 Å². The summed E-state index contributed by atoms with van der Waals surface area (Å²) in [4.78, 5) is 3.15. The van der Waals surface area contributed by atoms with Crippen molar-refractivity contribution in [1.82, 2.24) is 14.7 Å². The quantitative estimate of drug-likeness (QED) is 0.641. The van der Waals surface area contributed by atoms with Gasteiger partial charge in [-0.15, -0.1) is 0 Å². The highest BCUT2D eigenvalue weighted by Crippen LogP contribution is 2.51. The maximum absolute atomic E-state index is 6.02. The highest BCUT2D eigenvalue weighted by Gasteiger charge is 2.43. The molecular weight excluding hydrogens is 350 g/mol. The molecule has 0 unspecified atom stereocenters. The van der Waals surface area contributed by atoms with E-state index in [0.29, 0.717) is 11.3 Å². The second-order valence-corrected chi connectivity index (χ2v) is 9.54. The number of benzene rings is 1. The van der Waals surface area contributed by atoms with Gasteiger partial charge in [0, 0.05) is 19.8 Å². The fourth-order valence-corrected chi connectivity index (χ4v) is 4.38. The smallest absolute Gasteiger partial charge is 0.113 e. The van der Waals surface area contributed by atoms with Gasteiger partial charge in [0.2, 0.25) is 0 Å². The number of thiocarbonyl (C=S) groups is 1. The minimum absolute atomic E-state index is 0.199. The van der Waals surface area contributed by atoms with Crippen molar-refractivity contribution in [1.29, 1.82) is 0 Å². The first-order valence-corrected chi connectivity index (χ1v) is 10.3. The largest absolute Gasteiger partial charge is 0.356 e. The molecule has 0 N–H and O–H groups in total. The molecular formula is C23H33N3S. The van der Waals surface area contributed by atoms with Gasteiger partial charge in [0.1, 0.15) is 4.99 Å². The minimum atomic E-state index is -0.199. The zero-order valence-corrected chi connectivity index (χ0v) is 18.9. The van der Waals surface area contributed by atoms with E-state index in [2.05, 4.69) is 77.8 Å². The van der Waals surface area contributed by atoms with E-state index in [9.17, 15) is 0 Å². The Hall–Kier alpha value is -1.68. The van der Waals surface area contributed by atoms with Crippen molar-refractivity contribution in [3.05, 3.63) is 52.3 Å². The molecule has 0 spiro atoms. The molecule has 0 bridgehead atoms. The highest BCUT2D eigenvalue weighted by atomic mass is 32.1. The Morgan fingerprint density at radius 1 is 1.26 bits per heavy atom. The van der Waals surface area contributed by atoms with Gasteiger partial charge in [-0.3, -0.25) is 4.68 Å². The van der Waals surface area contributed by atoms with Crippen molar-refractivity contribution >= 4 is 17.2 Å². The van der Waals surface area contributed by atoms with E-state index >= 15 is 0 Å². The van der Waals surface area contributed by atoms with Crippen molar-refractivity contribution < 1.29 is 0 Å². The van der Waals surface area contributed by atoms with Crippen LogP contribution in [0, 0.1) is 6.92 Å². The summed E-state index contributed by atoms with van der Waals surface area (Å²) in [5, 5.41) is 4.74. The van der Waals surface area contributed by atoms with E-state index in [0.717, 1.165) is 21.9 Å². The average Bonchev–Trinajstić information content (AvgIpc) is 3.30. The minimum Gasteiger partial charge on any atom is -0.356 e. The summed E-state index contributed by atoms with van der Waals surface area (Å²) in [7, 11) is 4.13. The lowest BCUT2D eigenvalue weighted by Gasteiger charge is -2.40. The number of rotatable bonds is 5. The van der Waals surface area contributed by atoms with Crippen LogP contribution in [0.3, 0.4) is 0 Å². The maximum Gasteiger partial charge on any atom is 0.113 e. The van der Waals surface area contributed by atoms with Crippen LogP contribution < -0.4 is 0 Å². The lowest BCUT2D eigenvalue weighted by atomic mass is 9.82. The number of hydrogen-bond donors (Lipinski definition) is 0. The van der Waals surface area contributed by atoms with Crippen LogP contribution >= 0.6 is 12.2 Å². The summed E-state index contributed by atoms with van der Waals surface area (Å²) in [6.45, 7) is 13.4. The second-order valence-electron chi connectivity index (χ2n) is 9.15. The first-order valence-electron chi connectivity index (χ1n) is 9.92. The summed E-state index contributed by atoms with van der Waals surface area (Å²) in [6.07, 6.45) is 2.54. The second kappa shape index (κ2) is 6.73. The third-order valence-corrected chi connectivity index (χ3v) is 6.98. The molecule has 0 atom stereocenters. The molecule has 0 saturated heterocycles. The van der Waals surface area contributed by atoms with Crippen molar-refractivity contribution in [3.63, 3.8) is 0 Å². The van der Waals surface area contributed by atoms with Crippen LogP contribution in [0.15, 0.2) is 24.3 Å². The number of aromatic nitrogens is 2. The Morgan fingerprint density at radius 2 is 1.85 bits per heavy atom. The topological polar surface area (TPSA) is 21.1 Å². The zero-order valence-electron chi connectivity index (χ0n) is 18.1. The number of aryl methyl sites for hydroxylation is 1. The van der Waals surface area contributed by atoms with Crippen LogP contribution in [0.1, 0.15) is 81.5 Å². The Kier molecular flexibility index (Phi) is 5.00. The molecule has 4 heteroatoms. The summed E-state index contributed by atoms with van der Waals surface area (Å²) in [5.74, 6) is 0.340. The Bertz CT molecular complexity index is 872. The van der Waals surface area contributed by atoms with Gasteiger partial charge in [-0.05, 0) is 56.1 Å². The summed E-state index contributed by atoms with van der Waals surface area (Å²) in [5.41, 5.74) is 6.31. The monoisotopic (exact) mass is 383 g/mol. The first kappa shape index (κ1) is 20.1. The van der Waals surface area contributed by atoms with Gasteiger partial charge < -0.3 is 4.90 Å². The SMILES string of the molecule is Cc1c(C(=S)N(C)C(C)(C)c2ccccc2C2(C)CC2)c(C(C)C)nn1C. The molecule has 1 aliphatic carbocycles. The van der Waals surface area contributed by atoms with Crippen molar-refractivity contribution in [2.75, 3.05) is 7.05 Å². The summed E-state index contributed by atoms with van der Waals surface area (Å²) < 4.78 is 1.96. The van der Waals surface area contributed by atoms with Gasteiger partial charge in [-0.1, -0.05) is 57.3 Å². The molecule has 2 aromatic rings. The molecule has 1 fully saturated rings. The normalized spacial score (nSPS) is 15.9. The molecule has 1 aromatic heterocycles. The highest BCUT2D eigenvalue weighted by molar-refractivity contribution is 7.80. The average molecular weight is 384 g/mol. The third-order valence-electron chi connectivity index (χ3n) is 6.50. The van der Waals surface area contributed by atoms with E-state index in [-0.39, 0.29) is 5.54 Å². The number of hydrogen-bond acceptors (Lipinski definition) is 2. The predicted molar refractivity (Wildman–Crippen MR) is 118 cm³/mol. The van der Waals surface area contributed by atoms with Crippen molar-refractivity contribution in [3.8, 4) is 0 Å². The fraction of sp³-hybridized carbons (Fsp3) is 0.565. The Morgan fingerprint density at radius 3 is 2.41 bits per heavy atom. The van der Waals surface area contributed by atoms with Crippen LogP contribution in [0.2, 0.25) is 0 Å². The molecule has 27 heavy (non-hydrogen) atoms. The van der Waals surface area contributed by atoms with Crippen molar-refractivity contribution in [2.24, 2.45) is 7.05 Å². The van der Waals surface area contributed by atoms with Gasteiger partial charge in [0.15, 0.2) is 0 Å². The maximum atomic E-state index is 6.02. The van der Waals surface area contributed by atoms with E-state index < -0.39 is 0 Å². The summed E-state index contributed by atoms with van der Waals surface area (Å²) >= 11 is 6.02. The molecule has 0 radical (unpaired) electrons. The van der Waals surface area contributed by atoms with Gasteiger partial charge in [-0.2, -0.15) is 5.10 Å². The molecule has 1 heterocycles. The first-order chi connectivity index (χ1) is 12.5. The fourth-order valence-electron chi connectivity index (χ4n) is 3.90. The molecule has 0 amide bonds. The van der Waals surface area contributed by atoms with E-state index in [1.165, 1.54) is 24.0 Å². The molecule has 146 valence electrons. The Labute approximate surface area is 169 Å². The Balaban J connectivity index is 2.04. The van der Waals surface area contributed by atoms with Crippen molar-refractivity contribution in [2.45, 2.75) is 71.3 Å². The summed E-state index contributed by atoms with van der Waals surface area (Å²) in [6, 6.07) is 8.89.